The average Bonchev–Trinajstić information content (AvgIpc) is 2.31. The van der Waals surface area contributed by atoms with E-state index in [0.717, 1.165) is 13.2 Å². The highest BCUT2D eigenvalue weighted by molar-refractivity contribution is 5.93. The van der Waals surface area contributed by atoms with E-state index in [9.17, 15) is 19.8 Å². The Labute approximate surface area is 103 Å². The summed E-state index contributed by atoms with van der Waals surface area (Å²) in [6.45, 7) is 1.48. The molecule has 0 fully saturated rings. The predicted octanol–water partition coefficient (Wildman–Crippen LogP) is 1.15. The van der Waals surface area contributed by atoms with Crippen LogP contribution in [0.1, 0.15) is 22.8 Å². The van der Waals surface area contributed by atoms with Crippen LogP contribution in [0.2, 0.25) is 0 Å². The Balaban J connectivity index is 3.13. The van der Waals surface area contributed by atoms with Crippen molar-refractivity contribution in [2.45, 2.75) is 13.3 Å². The minimum atomic E-state index is -1.01. The van der Waals surface area contributed by atoms with Crippen LogP contribution in [0.15, 0.2) is 12.1 Å². The van der Waals surface area contributed by atoms with Crippen LogP contribution in [0.25, 0.3) is 0 Å². The molecule has 0 radical (unpaired) electrons. The monoisotopic (exact) mass is 254 g/mol. The lowest BCUT2D eigenvalue weighted by molar-refractivity contribution is -0.141. The van der Waals surface area contributed by atoms with E-state index in [1.165, 1.54) is 13.0 Å². The second kappa shape index (κ2) is 5.39. The summed E-state index contributed by atoms with van der Waals surface area (Å²) in [5.41, 5.74) is 0.158. The number of hydrogen-bond donors (Lipinski definition) is 3. The van der Waals surface area contributed by atoms with Crippen LogP contribution in [0.4, 0.5) is 0 Å². The van der Waals surface area contributed by atoms with Gasteiger partial charge in [0.05, 0.1) is 13.0 Å². The van der Waals surface area contributed by atoms with Crippen LogP contribution in [0.5, 0.6) is 11.5 Å². The third kappa shape index (κ3) is 2.91. The highest BCUT2D eigenvalue weighted by atomic mass is 16.5. The molecule has 0 heterocycles. The Hall–Kier alpha value is -2.24. The normalized spacial score (nSPS) is 11.9. The standard InChI is InChI=1S/C12H14O6/c1-6(11(15)16)3-7-4-8(12(17)18-2)10(14)5-9(7)13/h4-6,13-14H,3H2,1-2H3,(H,15,16). The van der Waals surface area contributed by atoms with Crippen LogP contribution < -0.4 is 0 Å². The van der Waals surface area contributed by atoms with Crippen molar-refractivity contribution in [3.05, 3.63) is 23.3 Å². The molecule has 0 saturated carbocycles. The number of carbonyl (C=O) groups excluding carboxylic acids is 1. The second-order valence-corrected chi connectivity index (χ2v) is 3.93. The molecule has 6 nitrogen and oxygen atoms in total. The first-order valence-electron chi connectivity index (χ1n) is 5.22. The molecule has 1 rings (SSSR count). The molecule has 0 aliphatic heterocycles. The first-order valence-corrected chi connectivity index (χ1v) is 5.22. The molecule has 1 aromatic carbocycles. The van der Waals surface area contributed by atoms with Gasteiger partial charge in [0.2, 0.25) is 0 Å². The van der Waals surface area contributed by atoms with Crippen molar-refractivity contribution in [2.75, 3.05) is 7.11 Å². The van der Waals surface area contributed by atoms with Gasteiger partial charge in [0.25, 0.3) is 0 Å². The fraction of sp³-hybridized carbons (Fsp3) is 0.333. The van der Waals surface area contributed by atoms with E-state index in [0.29, 0.717) is 0 Å². The number of phenols is 2. The molecule has 1 atom stereocenters. The molecule has 18 heavy (non-hydrogen) atoms. The summed E-state index contributed by atoms with van der Waals surface area (Å²) in [6.07, 6.45) is 0.0471. The predicted molar refractivity (Wildman–Crippen MR) is 61.6 cm³/mol. The lowest BCUT2D eigenvalue weighted by Crippen LogP contribution is -2.13. The maximum atomic E-state index is 11.3. The maximum absolute atomic E-state index is 11.3. The van der Waals surface area contributed by atoms with E-state index < -0.39 is 23.6 Å². The first kappa shape index (κ1) is 13.8. The van der Waals surface area contributed by atoms with Gasteiger partial charge in [-0.1, -0.05) is 6.92 Å². The maximum Gasteiger partial charge on any atom is 0.341 e. The molecule has 1 aromatic rings. The molecular formula is C12H14O6. The lowest BCUT2D eigenvalue weighted by Gasteiger charge is -2.11. The van der Waals surface area contributed by atoms with Crippen molar-refractivity contribution in [1.29, 1.82) is 0 Å². The fourth-order valence-electron chi connectivity index (χ4n) is 1.48. The number of carboxylic acid groups (broad SMARTS) is 1. The molecule has 3 N–H and O–H groups in total. The SMILES string of the molecule is COC(=O)c1cc(CC(C)C(=O)O)c(O)cc1O. The molecular weight excluding hydrogens is 240 g/mol. The van der Waals surface area contributed by atoms with Gasteiger partial charge < -0.3 is 20.1 Å². The van der Waals surface area contributed by atoms with Crippen molar-refractivity contribution >= 4 is 11.9 Å². The molecule has 0 spiro atoms. The number of phenolic OH excluding ortho intramolecular Hbond substituents is 2. The fourth-order valence-corrected chi connectivity index (χ4v) is 1.48. The topological polar surface area (TPSA) is 104 Å². The Morgan fingerprint density at radius 2 is 1.89 bits per heavy atom. The summed E-state index contributed by atoms with van der Waals surface area (Å²) in [7, 11) is 1.16. The van der Waals surface area contributed by atoms with Gasteiger partial charge in [-0.15, -0.1) is 0 Å². The third-order valence-corrected chi connectivity index (χ3v) is 2.55. The molecule has 0 aliphatic carbocycles. The molecule has 0 amide bonds. The zero-order valence-corrected chi connectivity index (χ0v) is 10.0. The van der Waals surface area contributed by atoms with Crippen molar-refractivity contribution in [3.63, 3.8) is 0 Å². The molecule has 0 aromatic heterocycles. The number of hydrogen-bond acceptors (Lipinski definition) is 5. The zero-order chi connectivity index (χ0) is 13.9. The van der Waals surface area contributed by atoms with Gasteiger partial charge >= 0.3 is 11.9 Å². The Bertz CT molecular complexity index is 480. The van der Waals surface area contributed by atoms with Gasteiger partial charge in [-0.3, -0.25) is 4.79 Å². The van der Waals surface area contributed by atoms with Crippen molar-refractivity contribution < 1.29 is 29.6 Å². The van der Waals surface area contributed by atoms with Crippen LogP contribution in [0.3, 0.4) is 0 Å². The third-order valence-electron chi connectivity index (χ3n) is 2.55. The number of carbonyl (C=O) groups is 2. The molecule has 1 unspecified atom stereocenters. The van der Waals surface area contributed by atoms with Gasteiger partial charge in [0, 0.05) is 6.07 Å². The molecule has 0 aliphatic rings. The summed E-state index contributed by atoms with van der Waals surface area (Å²) in [4.78, 5) is 22.1. The summed E-state index contributed by atoms with van der Waals surface area (Å²) in [5, 5.41) is 27.9. The van der Waals surface area contributed by atoms with E-state index >= 15 is 0 Å². The quantitative estimate of drug-likeness (QED) is 0.696. The van der Waals surface area contributed by atoms with Gasteiger partial charge in [-0.25, -0.2) is 4.79 Å². The Morgan fingerprint density at radius 3 is 2.39 bits per heavy atom. The number of ether oxygens (including phenoxy) is 1. The highest BCUT2D eigenvalue weighted by Gasteiger charge is 2.19. The number of benzene rings is 1. The van der Waals surface area contributed by atoms with Crippen LogP contribution in [-0.2, 0) is 16.0 Å². The molecule has 0 bridgehead atoms. The van der Waals surface area contributed by atoms with E-state index in [1.54, 1.807) is 0 Å². The van der Waals surface area contributed by atoms with E-state index in [2.05, 4.69) is 4.74 Å². The highest BCUT2D eigenvalue weighted by Crippen LogP contribution is 2.29. The van der Waals surface area contributed by atoms with E-state index in [1.807, 2.05) is 0 Å². The Morgan fingerprint density at radius 1 is 1.28 bits per heavy atom. The van der Waals surface area contributed by atoms with Gasteiger partial charge in [-0.2, -0.15) is 0 Å². The van der Waals surface area contributed by atoms with Crippen molar-refractivity contribution in [2.24, 2.45) is 5.92 Å². The number of aliphatic carboxylic acids is 1. The van der Waals surface area contributed by atoms with E-state index in [4.69, 9.17) is 5.11 Å². The minimum absolute atomic E-state index is 0.0471. The molecule has 98 valence electrons. The lowest BCUT2D eigenvalue weighted by atomic mass is 9.98. The van der Waals surface area contributed by atoms with E-state index in [-0.39, 0.29) is 23.3 Å². The summed E-state index contributed by atoms with van der Waals surface area (Å²) in [6, 6.07) is 2.23. The van der Waals surface area contributed by atoms with Crippen molar-refractivity contribution in [1.82, 2.24) is 0 Å². The number of carboxylic acids is 1. The summed E-state index contributed by atoms with van der Waals surface area (Å²) >= 11 is 0. The first-order chi connectivity index (χ1) is 8.36. The van der Waals surface area contributed by atoms with Gasteiger partial charge in [-0.05, 0) is 18.1 Å². The molecule has 0 saturated heterocycles. The molecule has 6 heteroatoms. The smallest absolute Gasteiger partial charge is 0.341 e. The number of esters is 1. The second-order valence-electron chi connectivity index (χ2n) is 3.93. The zero-order valence-electron chi connectivity index (χ0n) is 10.0. The largest absolute Gasteiger partial charge is 0.508 e. The van der Waals surface area contributed by atoms with Crippen molar-refractivity contribution in [3.8, 4) is 11.5 Å². The Kier molecular flexibility index (Phi) is 4.14. The average molecular weight is 254 g/mol. The summed E-state index contributed by atoms with van der Waals surface area (Å²) < 4.78 is 4.47. The van der Waals surface area contributed by atoms with Gasteiger partial charge in [0.1, 0.15) is 17.1 Å². The number of rotatable bonds is 4. The number of methoxy groups -OCH3 is 1. The van der Waals surface area contributed by atoms with Gasteiger partial charge in [0.15, 0.2) is 0 Å². The van der Waals surface area contributed by atoms with Crippen LogP contribution >= 0.6 is 0 Å². The van der Waals surface area contributed by atoms with Crippen LogP contribution in [0, 0.1) is 5.92 Å². The van der Waals surface area contributed by atoms with Crippen LogP contribution in [-0.4, -0.2) is 34.4 Å². The minimum Gasteiger partial charge on any atom is -0.508 e. The summed E-state index contributed by atoms with van der Waals surface area (Å²) in [5.74, 6) is -3.15. The number of aromatic hydroxyl groups is 2.